The van der Waals surface area contributed by atoms with Crippen LogP contribution in [0.3, 0.4) is 0 Å². The minimum absolute atomic E-state index is 0.0745. The van der Waals surface area contributed by atoms with Crippen LogP contribution in [0.1, 0.15) is 77.2 Å². The molecule has 2 aromatic carbocycles. The number of ether oxygens (including phenoxy) is 1. The Balaban J connectivity index is 1.53. The fourth-order valence-corrected chi connectivity index (χ4v) is 6.04. The number of anilines is 1. The molecule has 1 aromatic heterocycles. The molecule has 0 spiro atoms. The van der Waals surface area contributed by atoms with Gasteiger partial charge >= 0.3 is 0 Å². The molecule has 3 heterocycles. The number of benzene rings is 2. The number of fused-ring (bicyclic) bond motifs is 1. The number of aryl methyl sites for hydroxylation is 1. The monoisotopic (exact) mass is 587 g/mol. The molecule has 1 fully saturated rings. The average Bonchev–Trinajstić information content (AvgIpc) is 3.44. The Labute approximate surface area is 255 Å². The summed E-state index contributed by atoms with van der Waals surface area (Å²) in [7, 11) is 0. The number of amides is 2. The highest BCUT2D eigenvalue weighted by Gasteiger charge is 2.32. The van der Waals surface area contributed by atoms with E-state index in [1.54, 1.807) is 9.58 Å². The third-order valence-corrected chi connectivity index (χ3v) is 8.60. The number of morpholine rings is 1. The molecule has 1 saturated heterocycles. The average molecular weight is 588 g/mol. The van der Waals surface area contributed by atoms with Gasteiger partial charge in [0.2, 0.25) is 0 Å². The largest absolute Gasteiger partial charge is 0.394 e. The SMILES string of the molecule is CCCCN(CCCC)C(=O)c1cc(C)n(-c2ccc(N3CCOCC3)cc2C(=O)N2Cc3ccccc3C[C@H]2CO)n1. The Morgan fingerprint density at radius 3 is 2.37 bits per heavy atom. The van der Waals surface area contributed by atoms with Gasteiger partial charge in [0.1, 0.15) is 0 Å². The summed E-state index contributed by atoms with van der Waals surface area (Å²) in [5, 5.41) is 15.1. The van der Waals surface area contributed by atoms with Crippen molar-refractivity contribution in [2.24, 2.45) is 0 Å². The topological polar surface area (TPSA) is 91.1 Å². The van der Waals surface area contributed by atoms with Crippen LogP contribution in [0.25, 0.3) is 5.69 Å². The van der Waals surface area contributed by atoms with Crippen LogP contribution in [0.2, 0.25) is 0 Å². The lowest BCUT2D eigenvalue weighted by Gasteiger charge is -2.37. The lowest BCUT2D eigenvalue weighted by molar-refractivity contribution is 0.0544. The summed E-state index contributed by atoms with van der Waals surface area (Å²) < 4.78 is 7.29. The summed E-state index contributed by atoms with van der Waals surface area (Å²) in [6.07, 6.45) is 4.52. The lowest BCUT2D eigenvalue weighted by Crippen LogP contribution is -2.46. The lowest BCUT2D eigenvalue weighted by atomic mass is 9.93. The van der Waals surface area contributed by atoms with Gasteiger partial charge < -0.3 is 24.5 Å². The second kappa shape index (κ2) is 14.2. The number of nitrogens with zero attached hydrogens (tertiary/aromatic N) is 5. The van der Waals surface area contributed by atoms with Gasteiger partial charge in [0.25, 0.3) is 11.8 Å². The van der Waals surface area contributed by atoms with E-state index in [9.17, 15) is 14.7 Å². The fraction of sp³-hybridized carbons (Fsp3) is 0.500. The zero-order valence-corrected chi connectivity index (χ0v) is 25.8. The summed E-state index contributed by atoms with van der Waals surface area (Å²) in [6.45, 7) is 10.7. The minimum Gasteiger partial charge on any atom is -0.394 e. The molecule has 1 atom stereocenters. The predicted octanol–water partition coefficient (Wildman–Crippen LogP) is 4.62. The van der Waals surface area contributed by atoms with Crippen molar-refractivity contribution < 1.29 is 19.4 Å². The molecule has 5 rings (SSSR count). The zero-order chi connectivity index (χ0) is 30.3. The molecule has 9 nitrogen and oxygen atoms in total. The van der Waals surface area contributed by atoms with Gasteiger partial charge in [-0.2, -0.15) is 5.10 Å². The summed E-state index contributed by atoms with van der Waals surface area (Å²) in [6, 6.07) is 15.5. The molecule has 0 bridgehead atoms. The molecule has 9 heteroatoms. The van der Waals surface area contributed by atoms with Crippen molar-refractivity contribution in [1.82, 2.24) is 19.6 Å². The predicted molar refractivity (Wildman–Crippen MR) is 168 cm³/mol. The molecule has 1 N–H and O–H groups in total. The quantitative estimate of drug-likeness (QED) is 0.352. The molecule has 230 valence electrons. The Morgan fingerprint density at radius 1 is 1.00 bits per heavy atom. The van der Waals surface area contributed by atoms with E-state index in [0.717, 1.165) is 61.3 Å². The molecule has 0 unspecified atom stereocenters. The summed E-state index contributed by atoms with van der Waals surface area (Å²) in [5.74, 6) is -0.233. The van der Waals surface area contributed by atoms with Gasteiger partial charge in [0.15, 0.2) is 5.69 Å². The Hall–Kier alpha value is -3.69. The maximum absolute atomic E-state index is 14.5. The van der Waals surface area contributed by atoms with Crippen molar-refractivity contribution in [1.29, 1.82) is 0 Å². The maximum atomic E-state index is 14.5. The number of rotatable bonds is 11. The Bertz CT molecular complexity index is 1410. The van der Waals surface area contributed by atoms with E-state index in [-0.39, 0.29) is 24.5 Å². The number of aliphatic hydroxyl groups is 1. The van der Waals surface area contributed by atoms with Crippen molar-refractivity contribution >= 4 is 17.5 Å². The highest BCUT2D eigenvalue weighted by Crippen LogP contribution is 2.30. The van der Waals surface area contributed by atoms with Crippen molar-refractivity contribution in [3.05, 3.63) is 76.6 Å². The van der Waals surface area contributed by atoms with Gasteiger partial charge in [-0.3, -0.25) is 9.59 Å². The van der Waals surface area contributed by atoms with Gasteiger partial charge in [-0.15, -0.1) is 0 Å². The van der Waals surface area contributed by atoms with E-state index >= 15 is 0 Å². The summed E-state index contributed by atoms with van der Waals surface area (Å²) in [4.78, 5) is 34.0. The zero-order valence-electron chi connectivity index (χ0n) is 25.8. The second-order valence-electron chi connectivity index (χ2n) is 11.6. The summed E-state index contributed by atoms with van der Waals surface area (Å²) >= 11 is 0. The molecule has 2 amide bonds. The number of hydrogen-bond donors (Lipinski definition) is 1. The first-order valence-electron chi connectivity index (χ1n) is 15.8. The van der Waals surface area contributed by atoms with E-state index in [1.165, 1.54) is 0 Å². The molecule has 2 aliphatic rings. The first-order valence-corrected chi connectivity index (χ1v) is 15.8. The van der Waals surface area contributed by atoms with E-state index in [0.29, 0.717) is 56.2 Å². The maximum Gasteiger partial charge on any atom is 0.274 e. The van der Waals surface area contributed by atoms with Gasteiger partial charge in [0, 0.05) is 44.1 Å². The number of aliphatic hydroxyl groups excluding tert-OH is 1. The first kappa shape index (κ1) is 30.8. The van der Waals surface area contributed by atoms with Gasteiger partial charge in [0.05, 0.1) is 37.1 Å². The number of unbranched alkanes of at least 4 members (excludes halogenated alkanes) is 2. The number of carbonyl (C=O) groups excluding carboxylic acids is 2. The highest BCUT2D eigenvalue weighted by molar-refractivity contribution is 5.99. The van der Waals surface area contributed by atoms with Crippen LogP contribution in [0.4, 0.5) is 5.69 Å². The molecular weight excluding hydrogens is 542 g/mol. The van der Waals surface area contributed by atoms with Crippen LogP contribution < -0.4 is 4.90 Å². The van der Waals surface area contributed by atoms with Crippen LogP contribution in [-0.2, 0) is 17.7 Å². The molecule has 0 aliphatic carbocycles. The van der Waals surface area contributed by atoms with Crippen LogP contribution in [0.15, 0.2) is 48.5 Å². The van der Waals surface area contributed by atoms with Crippen molar-refractivity contribution in [2.75, 3.05) is 50.9 Å². The van der Waals surface area contributed by atoms with Crippen molar-refractivity contribution in [3.8, 4) is 5.69 Å². The normalized spacial score (nSPS) is 16.7. The van der Waals surface area contributed by atoms with Crippen molar-refractivity contribution in [3.63, 3.8) is 0 Å². The van der Waals surface area contributed by atoms with E-state index < -0.39 is 0 Å². The molecular formula is C34H45N5O4. The Kier molecular flexibility index (Phi) is 10.1. The van der Waals surface area contributed by atoms with Crippen LogP contribution in [0, 0.1) is 6.92 Å². The van der Waals surface area contributed by atoms with E-state index in [4.69, 9.17) is 9.84 Å². The number of hydrogen-bond acceptors (Lipinski definition) is 6. The minimum atomic E-state index is -0.330. The van der Waals surface area contributed by atoms with Gasteiger partial charge in [-0.05, 0) is 61.6 Å². The van der Waals surface area contributed by atoms with Crippen LogP contribution in [-0.4, -0.2) is 88.5 Å². The van der Waals surface area contributed by atoms with E-state index in [1.807, 2.05) is 54.3 Å². The second-order valence-corrected chi connectivity index (χ2v) is 11.6. The van der Waals surface area contributed by atoms with E-state index in [2.05, 4.69) is 24.8 Å². The molecule has 0 saturated carbocycles. The molecule has 0 radical (unpaired) electrons. The smallest absolute Gasteiger partial charge is 0.274 e. The third-order valence-electron chi connectivity index (χ3n) is 8.60. The number of carbonyl (C=O) groups is 2. The van der Waals surface area contributed by atoms with Gasteiger partial charge in [-0.25, -0.2) is 4.68 Å². The summed E-state index contributed by atoms with van der Waals surface area (Å²) in [5.41, 5.74) is 5.50. The molecule has 2 aliphatic heterocycles. The standard InChI is InChI=1S/C34H45N5O4/c1-4-6-14-37(15-7-5-2)34(42)31-20-25(3)39(35-31)32-13-12-28(36-16-18-43-19-17-36)22-30(32)33(41)38-23-27-11-9-8-10-26(27)21-29(38)24-40/h8-13,20,22,29,40H,4-7,14-19,21,23-24H2,1-3H3/t29-/m0/s1. The highest BCUT2D eigenvalue weighted by atomic mass is 16.5. The molecule has 43 heavy (non-hydrogen) atoms. The van der Waals surface area contributed by atoms with Gasteiger partial charge in [-0.1, -0.05) is 51.0 Å². The van der Waals surface area contributed by atoms with Crippen LogP contribution >= 0.6 is 0 Å². The fourth-order valence-electron chi connectivity index (χ4n) is 6.04. The third kappa shape index (κ3) is 6.78. The van der Waals surface area contributed by atoms with Crippen LogP contribution in [0.5, 0.6) is 0 Å². The van der Waals surface area contributed by atoms with Crippen molar-refractivity contribution in [2.45, 2.75) is 65.5 Å². The Morgan fingerprint density at radius 2 is 1.70 bits per heavy atom. The number of aromatic nitrogens is 2. The first-order chi connectivity index (χ1) is 20.9. The molecule has 3 aromatic rings.